The average Bonchev–Trinajstić information content (AvgIpc) is 3.33. The van der Waals surface area contributed by atoms with Gasteiger partial charge in [-0.3, -0.25) is 24.6 Å². The zero-order chi connectivity index (χ0) is 28.0. The smallest absolute Gasteiger partial charge is 0.336 e. The van der Waals surface area contributed by atoms with E-state index in [0.29, 0.717) is 0 Å². The molecule has 2 aromatic heterocycles. The van der Waals surface area contributed by atoms with Crippen LogP contribution in [0.2, 0.25) is 0 Å². The first-order valence-corrected chi connectivity index (χ1v) is 11.7. The Bertz CT molecular complexity index is 1140. The number of carboxylic acid groups (broad SMARTS) is 3. The van der Waals surface area contributed by atoms with Gasteiger partial charge in [0, 0.05) is 45.1 Å². The summed E-state index contributed by atoms with van der Waals surface area (Å²) in [7, 11) is 1.74. The predicted molar refractivity (Wildman–Crippen MR) is 136 cm³/mol. The second kappa shape index (κ2) is 15.2. The molecular weight excluding hydrogens is 496 g/mol. The maximum atomic E-state index is 10.3. The number of aliphatic carboxylic acids is 3. The van der Waals surface area contributed by atoms with Gasteiger partial charge in [-0.2, -0.15) is 5.10 Å². The zero-order valence-corrected chi connectivity index (χ0v) is 21.0. The van der Waals surface area contributed by atoms with Crippen LogP contribution in [0.1, 0.15) is 30.5 Å². The summed E-state index contributed by atoms with van der Waals surface area (Å²) in [6.45, 7) is 3.34. The van der Waals surface area contributed by atoms with Crippen LogP contribution in [-0.4, -0.2) is 84.3 Å². The fraction of sp³-hybridized carbons (Fsp3) is 0.346. The predicted octanol–water partition coefficient (Wildman–Crippen LogP) is 2.26. The lowest BCUT2D eigenvalue weighted by molar-refractivity contribution is -0.170. The molecule has 0 atom stereocenters. The Balaban J connectivity index is 0.000000332. The Kier molecular flexibility index (Phi) is 12.0. The van der Waals surface area contributed by atoms with Gasteiger partial charge in [-0.25, -0.2) is 4.79 Å². The monoisotopic (exact) mass is 528 g/mol. The van der Waals surface area contributed by atoms with E-state index in [1.165, 1.54) is 5.56 Å². The number of H-pyrrole nitrogens is 1. The summed E-state index contributed by atoms with van der Waals surface area (Å²) in [5.41, 5.74) is 1.77. The van der Waals surface area contributed by atoms with E-state index in [1.54, 1.807) is 7.11 Å². The lowest BCUT2D eigenvalue weighted by atomic mass is 9.96. The largest absolute Gasteiger partial charge is 0.481 e. The molecule has 0 saturated carbocycles. The number of benzene rings is 1. The summed E-state index contributed by atoms with van der Waals surface area (Å²) in [4.78, 5) is 37.3. The van der Waals surface area contributed by atoms with E-state index in [0.717, 1.165) is 49.6 Å². The van der Waals surface area contributed by atoms with Crippen LogP contribution in [0.15, 0.2) is 60.9 Å². The van der Waals surface area contributed by atoms with Crippen molar-refractivity contribution in [3.8, 4) is 11.3 Å². The van der Waals surface area contributed by atoms with Crippen molar-refractivity contribution >= 4 is 17.9 Å². The molecule has 0 aliphatic rings. The Hall–Kier alpha value is -4.13. The molecule has 0 fully saturated rings. The van der Waals surface area contributed by atoms with Gasteiger partial charge in [-0.15, -0.1) is 0 Å². The number of rotatable bonds is 14. The number of nitrogens with one attached hydrogen (secondary N) is 1. The minimum atomic E-state index is -2.74. The minimum Gasteiger partial charge on any atom is -0.481 e. The van der Waals surface area contributed by atoms with Gasteiger partial charge in [0.05, 0.1) is 30.4 Å². The molecule has 12 heteroatoms. The third-order valence-electron chi connectivity index (χ3n) is 5.39. The number of aromatic nitrogens is 3. The van der Waals surface area contributed by atoms with Crippen molar-refractivity contribution in [2.24, 2.45) is 0 Å². The molecule has 5 N–H and O–H groups in total. The SMILES string of the molecule is COCCCN(Cc1ccccn1)Cc1cn[nH]c1-c1ccccc1.O=C(O)CC(O)(CC(=O)O)C(=O)O. The maximum Gasteiger partial charge on any atom is 0.336 e. The highest BCUT2D eigenvalue weighted by Crippen LogP contribution is 2.22. The highest BCUT2D eigenvalue weighted by molar-refractivity contribution is 5.88. The van der Waals surface area contributed by atoms with E-state index in [4.69, 9.17) is 25.2 Å². The Labute approximate surface area is 219 Å². The van der Waals surface area contributed by atoms with E-state index in [2.05, 4.69) is 38.3 Å². The van der Waals surface area contributed by atoms with Gasteiger partial charge in [0.1, 0.15) is 0 Å². The summed E-state index contributed by atoms with van der Waals surface area (Å²) in [6, 6.07) is 16.4. The molecular formula is C26H32N4O8. The van der Waals surface area contributed by atoms with Crippen LogP contribution in [-0.2, 0) is 32.2 Å². The Morgan fingerprint density at radius 1 is 0.974 bits per heavy atom. The molecule has 0 radical (unpaired) electrons. The lowest BCUT2D eigenvalue weighted by Gasteiger charge is -2.22. The number of pyridine rings is 1. The number of ether oxygens (including phenoxy) is 1. The fourth-order valence-corrected chi connectivity index (χ4v) is 3.61. The molecule has 1 aromatic carbocycles. The van der Waals surface area contributed by atoms with E-state index >= 15 is 0 Å². The van der Waals surface area contributed by atoms with Crippen molar-refractivity contribution in [2.45, 2.75) is 38.0 Å². The number of methoxy groups -OCH3 is 1. The number of carboxylic acids is 3. The summed E-state index contributed by atoms with van der Waals surface area (Å²) < 4.78 is 5.21. The molecule has 12 nitrogen and oxygen atoms in total. The lowest BCUT2D eigenvalue weighted by Crippen LogP contribution is -2.42. The number of aromatic amines is 1. The highest BCUT2D eigenvalue weighted by Gasteiger charge is 2.40. The maximum absolute atomic E-state index is 10.3. The number of nitrogens with zero attached hydrogens (tertiary/aromatic N) is 3. The van der Waals surface area contributed by atoms with Gasteiger partial charge in [0.2, 0.25) is 0 Å². The van der Waals surface area contributed by atoms with Gasteiger partial charge in [-0.1, -0.05) is 36.4 Å². The van der Waals surface area contributed by atoms with Crippen molar-refractivity contribution in [1.29, 1.82) is 0 Å². The number of hydrogen-bond donors (Lipinski definition) is 5. The molecule has 0 spiro atoms. The molecule has 0 aliphatic heterocycles. The van der Waals surface area contributed by atoms with Gasteiger partial charge < -0.3 is 25.2 Å². The van der Waals surface area contributed by atoms with E-state index in [-0.39, 0.29) is 0 Å². The zero-order valence-electron chi connectivity index (χ0n) is 21.0. The van der Waals surface area contributed by atoms with Crippen molar-refractivity contribution in [3.63, 3.8) is 0 Å². The molecule has 38 heavy (non-hydrogen) atoms. The van der Waals surface area contributed by atoms with Crippen LogP contribution in [0, 0.1) is 0 Å². The quantitative estimate of drug-likeness (QED) is 0.193. The summed E-state index contributed by atoms with van der Waals surface area (Å²) in [6.07, 6.45) is 2.46. The molecule has 0 amide bonds. The molecule has 3 aromatic rings. The van der Waals surface area contributed by atoms with Crippen molar-refractivity contribution < 1.29 is 39.5 Å². The van der Waals surface area contributed by atoms with E-state index in [9.17, 15) is 14.4 Å². The van der Waals surface area contributed by atoms with Gasteiger partial charge in [-0.05, 0) is 24.1 Å². The van der Waals surface area contributed by atoms with Crippen molar-refractivity contribution in [1.82, 2.24) is 20.1 Å². The van der Waals surface area contributed by atoms with E-state index < -0.39 is 36.4 Å². The van der Waals surface area contributed by atoms with Crippen LogP contribution in [0.4, 0.5) is 0 Å². The van der Waals surface area contributed by atoms with Gasteiger partial charge in [0.25, 0.3) is 0 Å². The summed E-state index contributed by atoms with van der Waals surface area (Å²) in [5.74, 6) is -5.02. The highest BCUT2D eigenvalue weighted by atomic mass is 16.5. The number of carbonyl (C=O) groups is 3. The van der Waals surface area contributed by atoms with Crippen molar-refractivity contribution in [2.75, 3.05) is 20.3 Å². The average molecular weight is 529 g/mol. The molecule has 0 unspecified atom stereocenters. The Morgan fingerprint density at radius 3 is 2.18 bits per heavy atom. The van der Waals surface area contributed by atoms with Crippen LogP contribution in [0.3, 0.4) is 0 Å². The molecule has 2 heterocycles. The second-order valence-electron chi connectivity index (χ2n) is 8.49. The molecule has 0 saturated heterocycles. The molecule has 0 aliphatic carbocycles. The normalized spacial score (nSPS) is 11.0. The molecule has 204 valence electrons. The van der Waals surface area contributed by atoms with Crippen LogP contribution in [0.5, 0.6) is 0 Å². The standard InChI is InChI=1S/C20H24N4O.C6H8O7/c1-25-13-7-12-24(16-19-10-5-6-11-21-19)15-18-14-22-23-20(18)17-8-3-2-4-9-17;7-3(8)1-6(13,5(11)12)2-4(9)10/h2-6,8-11,14H,7,12-13,15-16H2,1H3,(H,22,23);13H,1-2H2,(H,7,8)(H,9,10)(H,11,12). The molecule has 0 bridgehead atoms. The second-order valence-corrected chi connectivity index (χ2v) is 8.49. The molecule has 3 rings (SSSR count). The fourth-order valence-electron chi connectivity index (χ4n) is 3.61. The van der Waals surface area contributed by atoms with Gasteiger partial charge >= 0.3 is 17.9 Å². The van der Waals surface area contributed by atoms with Crippen molar-refractivity contribution in [3.05, 3.63) is 72.2 Å². The topological polar surface area (TPSA) is 186 Å². The van der Waals surface area contributed by atoms with Crippen LogP contribution < -0.4 is 0 Å². The first-order valence-electron chi connectivity index (χ1n) is 11.7. The third kappa shape index (κ3) is 10.1. The van der Waals surface area contributed by atoms with Crippen LogP contribution in [0.25, 0.3) is 11.3 Å². The minimum absolute atomic E-state index is 0.760. The number of hydrogen-bond acceptors (Lipinski definition) is 8. The summed E-state index contributed by atoms with van der Waals surface area (Å²) in [5, 5.41) is 41.2. The summed E-state index contributed by atoms with van der Waals surface area (Å²) >= 11 is 0. The number of aliphatic hydroxyl groups is 1. The first-order chi connectivity index (χ1) is 18.1. The first kappa shape index (κ1) is 30.1. The third-order valence-corrected chi connectivity index (χ3v) is 5.39. The van der Waals surface area contributed by atoms with Gasteiger partial charge in [0.15, 0.2) is 5.60 Å². The van der Waals surface area contributed by atoms with Crippen LogP contribution >= 0.6 is 0 Å². The Morgan fingerprint density at radius 2 is 1.63 bits per heavy atom. The van der Waals surface area contributed by atoms with E-state index in [1.807, 2.05) is 42.7 Å².